The second-order valence-electron chi connectivity index (χ2n) is 10.1. The number of carbonyl (C=O) groups is 2. The summed E-state index contributed by atoms with van der Waals surface area (Å²) in [4.78, 5) is 29.4. The van der Waals surface area contributed by atoms with Crippen LogP contribution in [0.4, 0.5) is 0 Å². The van der Waals surface area contributed by atoms with Crippen LogP contribution in [0.2, 0.25) is 0 Å². The first-order valence-corrected chi connectivity index (χ1v) is 10.9. The van der Waals surface area contributed by atoms with Crippen LogP contribution in [-0.4, -0.2) is 57.6 Å². The molecule has 0 N–H and O–H groups in total. The van der Waals surface area contributed by atoms with Gasteiger partial charge in [-0.2, -0.15) is 10.4 Å². The largest absolute Gasteiger partial charge is 0.341 e. The summed E-state index contributed by atoms with van der Waals surface area (Å²) < 4.78 is 1.76. The Morgan fingerprint density at radius 1 is 1.16 bits per heavy atom. The highest BCUT2D eigenvalue weighted by atomic mass is 16.2. The molecule has 0 radical (unpaired) electrons. The lowest BCUT2D eigenvalue weighted by Crippen LogP contribution is -2.62. The van der Waals surface area contributed by atoms with Crippen molar-refractivity contribution in [2.45, 2.75) is 26.8 Å². The fourth-order valence-corrected chi connectivity index (χ4v) is 5.11. The highest BCUT2D eigenvalue weighted by Gasteiger charge is 2.60. The Morgan fingerprint density at radius 3 is 2.48 bits per heavy atom. The van der Waals surface area contributed by atoms with Crippen molar-refractivity contribution < 1.29 is 9.59 Å². The predicted octanol–water partition coefficient (Wildman–Crippen LogP) is 2.40. The molecule has 2 saturated heterocycles. The van der Waals surface area contributed by atoms with Gasteiger partial charge >= 0.3 is 0 Å². The Morgan fingerprint density at radius 2 is 1.84 bits per heavy atom. The number of nitriles is 1. The summed E-state index contributed by atoms with van der Waals surface area (Å²) in [5.74, 6) is -0.0177. The van der Waals surface area contributed by atoms with Crippen molar-refractivity contribution in [1.29, 1.82) is 5.26 Å². The number of hydrogen-bond donors (Lipinski definition) is 0. The molecule has 160 valence electrons. The Hall–Kier alpha value is -3.14. The lowest BCUT2D eigenvalue weighted by molar-refractivity contribution is -0.146. The Labute approximate surface area is 182 Å². The SMILES string of the molecule is CC1(C)C[C@@H]1C(=O)N1CC2(CN(C(=O)c3cnn(Cc4ccccc4)c3)CC2C#N)C1. The highest BCUT2D eigenvalue weighted by molar-refractivity contribution is 5.94. The van der Waals surface area contributed by atoms with Crippen LogP contribution in [0.15, 0.2) is 42.7 Å². The van der Waals surface area contributed by atoms with Crippen molar-refractivity contribution in [1.82, 2.24) is 19.6 Å². The molecule has 3 fully saturated rings. The van der Waals surface area contributed by atoms with Gasteiger partial charge in [0, 0.05) is 43.7 Å². The molecule has 3 heterocycles. The van der Waals surface area contributed by atoms with E-state index in [1.54, 1.807) is 22.0 Å². The zero-order valence-corrected chi connectivity index (χ0v) is 18.0. The average molecular weight is 418 g/mol. The first-order valence-electron chi connectivity index (χ1n) is 10.9. The van der Waals surface area contributed by atoms with Gasteiger partial charge in [-0.15, -0.1) is 0 Å². The standard InChI is InChI=1S/C24H27N5O2/c1-23(2)8-20(23)22(31)28-15-24(16-28)14-27(13-19(24)9-25)21(30)18-10-26-29(12-18)11-17-6-4-3-5-7-17/h3-7,10,12,19-20H,8,11,13-16H2,1-2H3/t19?,20-/m1/s1. The zero-order chi connectivity index (χ0) is 21.8. The minimum atomic E-state index is -0.293. The first kappa shape index (κ1) is 19.8. The summed E-state index contributed by atoms with van der Waals surface area (Å²) in [6, 6.07) is 12.4. The number of hydrogen-bond acceptors (Lipinski definition) is 4. The van der Waals surface area contributed by atoms with E-state index >= 15 is 0 Å². The molecule has 2 atom stereocenters. The van der Waals surface area contributed by atoms with E-state index in [0.717, 1.165) is 12.0 Å². The average Bonchev–Trinajstić information content (AvgIpc) is 3.09. The molecule has 1 aliphatic carbocycles. The molecule has 3 aliphatic rings. The number of rotatable bonds is 4. The van der Waals surface area contributed by atoms with Gasteiger partial charge in [-0.25, -0.2) is 0 Å². The van der Waals surface area contributed by atoms with Gasteiger partial charge in [-0.3, -0.25) is 14.3 Å². The van der Waals surface area contributed by atoms with Crippen molar-refractivity contribution in [2.24, 2.45) is 22.7 Å². The van der Waals surface area contributed by atoms with Gasteiger partial charge < -0.3 is 9.80 Å². The number of nitrogens with zero attached hydrogens (tertiary/aromatic N) is 5. The van der Waals surface area contributed by atoms with Crippen LogP contribution < -0.4 is 0 Å². The second-order valence-corrected chi connectivity index (χ2v) is 10.1. The molecule has 1 saturated carbocycles. The number of amides is 2. The van der Waals surface area contributed by atoms with Crippen molar-refractivity contribution in [2.75, 3.05) is 26.2 Å². The van der Waals surface area contributed by atoms with Crippen LogP contribution in [0, 0.1) is 34.0 Å². The van der Waals surface area contributed by atoms with Gasteiger partial charge in [0.2, 0.25) is 5.91 Å². The molecule has 31 heavy (non-hydrogen) atoms. The summed E-state index contributed by atoms with van der Waals surface area (Å²) in [6.07, 6.45) is 4.31. The van der Waals surface area contributed by atoms with Crippen LogP contribution in [0.25, 0.3) is 0 Å². The minimum Gasteiger partial charge on any atom is -0.341 e. The van der Waals surface area contributed by atoms with E-state index in [2.05, 4.69) is 25.0 Å². The predicted molar refractivity (Wildman–Crippen MR) is 114 cm³/mol. The number of carbonyl (C=O) groups excluding carboxylic acids is 2. The van der Waals surface area contributed by atoms with Crippen LogP contribution >= 0.6 is 0 Å². The van der Waals surface area contributed by atoms with E-state index in [9.17, 15) is 14.9 Å². The van der Waals surface area contributed by atoms with E-state index in [4.69, 9.17) is 0 Å². The Kier molecular flexibility index (Phi) is 4.44. The lowest BCUT2D eigenvalue weighted by Gasteiger charge is -2.49. The maximum Gasteiger partial charge on any atom is 0.257 e. The molecular weight excluding hydrogens is 390 g/mol. The highest BCUT2D eigenvalue weighted by Crippen LogP contribution is 2.54. The smallest absolute Gasteiger partial charge is 0.257 e. The molecule has 7 heteroatoms. The number of likely N-dealkylation sites (tertiary alicyclic amines) is 2. The third-order valence-electron chi connectivity index (χ3n) is 7.29. The van der Waals surface area contributed by atoms with Crippen LogP contribution in [0.5, 0.6) is 0 Å². The van der Waals surface area contributed by atoms with Crippen molar-refractivity contribution >= 4 is 11.8 Å². The Balaban J connectivity index is 1.24. The van der Waals surface area contributed by atoms with Gasteiger partial charge in [0.1, 0.15) is 0 Å². The van der Waals surface area contributed by atoms with E-state index in [-0.39, 0.29) is 34.5 Å². The van der Waals surface area contributed by atoms with Crippen LogP contribution in [0.1, 0.15) is 36.2 Å². The monoisotopic (exact) mass is 417 g/mol. The summed E-state index contributed by atoms with van der Waals surface area (Å²) in [5, 5.41) is 14.1. The van der Waals surface area contributed by atoms with Crippen LogP contribution in [-0.2, 0) is 11.3 Å². The second kappa shape index (κ2) is 6.94. The third kappa shape index (κ3) is 3.40. The van der Waals surface area contributed by atoms with E-state index in [0.29, 0.717) is 38.3 Å². The molecule has 5 rings (SSSR count). The van der Waals surface area contributed by atoms with Gasteiger partial charge in [0.05, 0.1) is 30.3 Å². The van der Waals surface area contributed by atoms with Crippen molar-refractivity contribution in [3.63, 3.8) is 0 Å². The summed E-state index contributed by atoms with van der Waals surface area (Å²) in [7, 11) is 0. The normalized spacial score (nSPS) is 25.2. The maximum absolute atomic E-state index is 13.1. The molecule has 1 spiro atoms. The third-order valence-corrected chi connectivity index (χ3v) is 7.29. The lowest BCUT2D eigenvalue weighted by atomic mass is 9.72. The van der Waals surface area contributed by atoms with Crippen molar-refractivity contribution in [3.8, 4) is 6.07 Å². The maximum atomic E-state index is 13.1. The molecule has 2 aromatic rings. The number of benzene rings is 1. The Bertz CT molecular complexity index is 1060. The van der Waals surface area contributed by atoms with E-state index < -0.39 is 0 Å². The summed E-state index contributed by atoms with van der Waals surface area (Å²) in [5.41, 5.74) is 1.47. The summed E-state index contributed by atoms with van der Waals surface area (Å²) >= 11 is 0. The quantitative estimate of drug-likeness (QED) is 0.765. The molecule has 7 nitrogen and oxygen atoms in total. The molecule has 2 amide bonds. The van der Waals surface area contributed by atoms with Gasteiger partial charge in [0.15, 0.2) is 0 Å². The van der Waals surface area contributed by atoms with Gasteiger partial charge in [-0.05, 0) is 17.4 Å². The first-order chi connectivity index (χ1) is 14.8. The van der Waals surface area contributed by atoms with E-state index in [1.165, 1.54) is 0 Å². The fraction of sp³-hybridized carbons (Fsp3) is 0.500. The molecule has 1 unspecified atom stereocenters. The number of aromatic nitrogens is 2. The van der Waals surface area contributed by atoms with Gasteiger partial charge in [0.25, 0.3) is 5.91 Å². The van der Waals surface area contributed by atoms with Crippen molar-refractivity contribution in [3.05, 3.63) is 53.9 Å². The molecule has 1 aromatic heterocycles. The van der Waals surface area contributed by atoms with E-state index in [1.807, 2.05) is 35.2 Å². The topological polar surface area (TPSA) is 82.2 Å². The van der Waals surface area contributed by atoms with Crippen LogP contribution in [0.3, 0.4) is 0 Å². The minimum absolute atomic E-state index is 0.0930. The fourth-order valence-electron chi connectivity index (χ4n) is 5.11. The molecule has 2 aliphatic heterocycles. The molecule has 0 bridgehead atoms. The summed E-state index contributed by atoms with van der Waals surface area (Å²) in [6.45, 7) is 6.94. The molecular formula is C24H27N5O2. The molecule has 1 aromatic carbocycles. The zero-order valence-electron chi connectivity index (χ0n) is 18.0. The van der Waals surface area contributed by atoms with Gasteiger partial charge in [-0.1, -0.05) is 44.2 Å².